The summed E-state index contributed by atoms with van der Waals surface area (Å²) in [6, 6.07) is 6.02. The van der Waals surface area contributed by atoms with Gasteiger partial charge >= 0.3 is 5.69 Å². The summed E-state index contributed by atoms with van der Waals surface area (Å²) < 4.78 is 1.79. The Bertz CT molecular complexity index is 555. The first kappa shape index (κ1) is 10.0. The molecule has 0 atom stereocenters. The highest BCUT2D eigenvalue weighted by atomic mass is 16.1. The Kier molecular flexibility index (Phi) is 2.00. The Morgan fingerprint density at radius 3 is 2.53 bits per heavy atom. The number of benzene rings is 1. The van der Waals surface area contributed by atoms with Crippen LogP contribution in [0, 0.1) is 6.92 Å². The second-order valence-corrected chi connectivity index (χ2v) is 4.96. The number of aromatic nitrogens is 2. The van der Waals surface area contributed by atoms with Crippen LogP contribution in [0.2, 0.25) is 0 Å². The van der Waals surface area contributed by atoms with Crippen LogP contribution in [-0.4, -0.2) is 9.55 Å². The van der Waals surface area contributed by atoms with Gasteiger partial charge in [0.05, 0.1) is 11.0 Å². The first-order valence-electron chi connectivity index (χ1n) is 5.11. The highest BCUT2D eigenvalue weighted by molar-refractivity contribution is 5.76. The zero-order valence-corrected chi connectivity index (χ0v) is 9.59. The lowest BCUT2D eigenvalue weighted by Gasteiger charge is -2.20. The molecule has 0 amide bonds. The van der Waals surface area contributed by atoms with Crippen LogP contribution in [0.5, 0.6) is 0 Å². The van der Waals surface area contributed by atoms with Crippen LogP contribution in [0.4, 0.5) is 0 Å². The third-order valence-corrected chi connectivity index (χ3v) is 2.51. The van der Waals surface area contributed by atoms with E-state index >= 15 is 0 Å². The summed E-state index contributed by atoms with van der Waals surface area (Å²) in [6.45, 7) is 8.11. The molecule has 0 saturated heterocycles. The molecule has 1 aromatic carbocycles. The molecule has 2 rings (SSSR count). The lowest BCUT2D eigenvalue weighted by atomic mass is 10.1. The van der Waals surface area contributed by atoms with Gasteiger partial charge in [0, 0.05) is 5.54 Å². The molecule has 1 N–H and O–H groups in total. The summed E-state index contributed by atoms with van der Waals surface area (Å²) in [5, 5.41) is 0. The summed E-state index contributed by atoms with van der Waals surface area (Å²) in [5.74, 6) is 0. The van der Waals surface area contributed by atoms with Crippen molar-refractivity contribution in [2.45, 2.75) is 33.2 Å². The lowest BCUT2D eigenvalue weighted by molar-refractivity contribution is 0.397. The number of H-pyrrole nitrogens is 1. The number of hydrogen-bond donors (Lipinski definition) is 1. The van der Waals surface area contributed by atoms with E-state index in [1.165, 1.54) is 0 Å². The van der Waals surface area contributed by atoms with Gasteiger partial charge in [-0.25, -0.2) is 4.79 Å². The number of hydrogen-bond acceptors (Lipinski definition) is 1. The van der Waals surface area contributed by atoms with Crippen molar-refractivity contribution in [3.63, 3.8) is 0 Å². The van der Waals surface area contributed by atoms with E-state index in [-0.39, 0.29) is 11.2 Å². The highest BCUT2D eigenvalue weighted by Crippen LogP contribution is 2.19. The summed E-state index contributed by atoms with van der Waals surface area (Å²) in [5.41, 5.74) is 2.81. The average Bonchev–Trinajstić information content (AvgIpc) is 2.38. The molecule has 0 radical (unpaired) electrons. The summed E-state index contributed by atoms with van der Waals surface area (Å²) in [6.07, 6.45) is 0. The summed E-state index contributed by atoms with van der Waals surface area (Å²) in [4.78, 5) is 14.7. The van der Waals surface area contributed by atoms with Gasteiger partial charge in [0.25, 0.3) is 0 Å². The number of nitrogens with one attached hydrogen (secondary N) is 1. The number of aromatic amines is 1. The Balaban J connectivity index is 2.86. The molecule has 0 fully saturated rings. The molecule has 0 aliphatic carbocycles. The van der Waals surface area contributed by atoms with Crippen LogP contribution in [-0.2, 0) is 5.54 Å². The second-order valence-electron chi connectivity index (χ2n) is 4.96. The molecule has 0 spiro atoms. The maximum Gasteiger partial charge on any atom is 0.326 e. The maximum atomic E-state index is 11.8. The van der Waals surface area contributed by atoms with Crippen molar-refractivity contribution in [1.82, 2.24) is 9.55 Å². The quantitative estimate of drug-likeness (QED) is 0.703. The minimum atomic E-state index is -0.190. The summed E-state index contributed by atoms with van der Waals surface area (Å²) >= 11 is 0. The van der Waals surface area contributed by atoms with E-state index in [0.717, 1.165) is 16.6 Å². The summed E-state index contributed by atoms with van der Waals surface area (Å²) in [7, 11) is 0. The first-order chi connectivity index (χ1) is 6.89. The smallest absolute Gasteiger partial charge is 0.306 e. The number of nitrogens with zero attached hydrogens (tertiary/aromatic N) is 1. The zero-order valence-electron chi connectivity index (χ0n) is 9.59. The average molecular weight is 204 g/mol. The van der Waals surface area contributed by atoms with Crippen molar-refractivity contribution in [2.75, 3.05) is 0 Å². The molecule has 0 unspecified atom stereocenters. The molecule has 3 nitrogen and oxygen atoms in total. The molecule has 3 heteroatoms. The number of aryl methyl sites for hydroxylation is 1. The fraction of sp³-hybridized carbons (Fsp3) is 0.417. The van der Waals surface area contributed by atoms with Gasteiger partial charge in [-0.15, -0.1) is 0 Å². The van der Waals surface area contributed by atoms with Crippen LogP contribution in [0.25, 0.3) is 11.0 Å². The largest absolute Gasteiger partial charge is 0.326 e. The van der Waals surface area contributed by atoms with Crippen molar-refractivity contribution in [3.8, 4) is 0 Å². The van der Waals surface area contributed by atoms with Crippen LogP contribution < -0.4 is 5.69 Å². The predicted molar refractivity (Wildman–Crippen MR) is 62.3 cm³/mol. The van der Waals surface area contributed by atoms with Crippen LogP contribution in [0.1, 0.15) is 26.3 Å². The first-order valence-corrected chi connectivity index (χ1v) is 5.11. The van der Waals surface area contributed by atoms with Crippen molar-refractivity contribution < 1.29 is 0 Å². The van der Waals surface area contributed by atoms with E-state index in [1.54, 1.807) is 4.57 Å². The van der Waals surface area contributed by atoms with Crippen molar-refractivity contribution in [2.24, 2.45) is 0 Å². The van der Waals surface area contributed by atoms with E-state index in [9.17, 15) is 4.79 Å². The van der Waals surface area contributed by atoms with Crippen molar-refractivity contribution in [3.05, 3.63) is 34.2 Å². The molecule has 0 saturated carbocycles. The van der Waals surface area contributed by atoms with Gasteiger partial charge in [-0.3, -0.25) is 4.57 Å². The standard InChI is InChI=1S/C12H16N2O/c1-8-5-6-10-9(7-8)13-11(15)14(10)12(2,3)4/h5-7H,1-4H3,(H,13,15). The Morgan fingerprint density at radius 1 is 1.27 bits per heavy atom. The molecule has 0 bridgehead atoms. The van der Waals surface area contributed by atoms with Crippen LogP contribution >= 0.6 is 0 Å². The highest BCUT2D eigenvalue weighted by Gasteiger charge is 2.18. The molecular weight excluding hydrogens is 188 g/mol. The van der Waals surface area contributed by atoms with Crippen LogP contribution in [0.15, 0.2) is 23.0 Å². The third-order valence-electron chi connectivity index (χ3n) is 2.51. The second kappa shape index (κ2) is 2.99. The zero-order chi connectivity index (χ0) is 11.2. The molecule has 15 heavy (non-hydrogen) atoms. The number of rotatable bonds is 0. The molecular formula is C12H16N2O. The Hall–Kier alpha value is -1.51. The van der Waals surface area contributed by atoms with Gasteiger partial charge in [0.15, 0.2) is 0 Å². The molecule has 80 valence electrons. The van der Waals surface area contributed by atoms with Crippen molar-refractivity contribution in [1.29, 1.82) is 0 Å². The van der Waals surface area contributed by atoms with Gasteiger partial charge in [0.2, 0.25) is 0 Å². The fourth-order valence-corrected chi connectivity index (χ4v) is 1.89. The molecule has 1 heterocycles. The van der Waals surface area contributed by atoms with E-state index in [4.69, 9.17) is 0 Å². The van der Waals surface area contributed by atoms with E-state index in [1.807, 2.05) is 45.9 Å². The number of fused-ring (bicyclic) bond motifs is 1. The van der Waals surface area contributed by atoms with Gasteiger partial charge in [-0.1, -0.05) is 6.07 Å². The third kappa shape index (κ3) is 1.58. The topological polar surface area (TPSA) is 37.8 Å². The minimum absolute atomic E-state index is 0.0388. The van der Waals surface area contributed by atoms with Gasteiger partial charge in [-0.05, 0) is 45.4 Å². The van der Waals surface area contributed by atoms with Gasteiger partial charge < -0.3 is 4.98 Å². The van der Waals surface area contributed by atoms with Crippen LogP contribution in [0.3, 0.4) is 0 Å². The maximum absolute atomic E-state index is 11.8. The molecule has 1 aromatic heterocycles. The van der Waals surface area contributed by atoms with Crippen molar-refractivity contribution >= 4 is 11.0 Å². The van der Waals surface area contributed by atoms with E-state index in [0.29, 0.717) is 0 Å². The van der Waals surface area contributed by atoms with Gasteiger partial charge in [-0.2, -0.15) is 0 Å². The Labute approximate surface area is 88.7 Å². The normalized spacial score (nSPS) is 12.3. The molecule has 0 aliphatic heterocycles. The predicted octanol–water partition coefficient (Wildman–Crippen LogP) is 2.39. The van der Waals surface area contributed by atoms with Gasteiger partial charge in [0.1, 0.15) is 0 Å². The minimum Gasteiger partial charge on any atom is -0.306 e. The lowest BCUT2D eigenvalue weighted by Crippen LogP contribution is -2.31. The molecule has 2 aromatic rings. The molecule has 0 aliphatic rings. The Morgan fingerprint density at radius 2 is 1.93 bits per heavy atom. The SMILES string of the molecule is Cc1ccc2c(c1)[nH]c(=O)n2C(C)(C)C. The monoisotopic (exact) mass is 204 g/mol. The fourth-order valence-electron chi connectivity index (χ4n) is 1.89. The van der Waals surface area contributed by atoms with E-state index in [2.05, 4.69) is 4.98 Å². The van der Waals surface area contributed by atoms with E-state index < -0.39 is 0 Å². The number of imidazole rings is 1.